The van der Waals surface area contributed by atoms with Crippen molar-refractivity contribution >= 4 is 23.0 Å². The summed E-state index contributed by atoms with van der Waals surface area (Å²) >= 11 is 4.93. The minimum absolute atomic E-state index is 0.308. The Labute approximate surface area is 111 Å². The molecule has 0 radical (unpaired) electrons. The van der Waals surface area contributed by atoms with Crippen LogP contribution in [0, 0.1) is 0 Å². The van der Waals surface area contributed by atoms with Gasteiger partial charge in [-0.3, -0.25) is 0 Å². The van der Waals surface area contributed by atoms with Crippen LogP contribution >= 0.6 is 12.2 Å². The lowest BCUT2D eigenvalue weighted by Gasteiger charge is -2.18. The standard InChI is InChI=1S/C12H15N5S/c1-16-7-6-14-11(16)8-17(2)10-5-3-4-9(15-10)12(13)18/h3-7H,8H2,1-2H3,(H2,13,18). The van der Waals surface area contributed by atoms with Gasteiger partial charge in [-0.25, -0.2) is 9.97 Å². The molecule has 94 valence electrons. The van der Waals surface area contributed by atoms with E-state index in [0.717, 1.165) is 11.6 Å². The van der Waals surface area contributed by atoms with Crippen LogP contribution in [0.2, 0.25) is 0 Å². The third kappa shape index (κ3) is 2.65. The van der Waals surface area contributed by atoms with E-state index in [1.165, 1.54) is 0 Å². The molecule has 0 aromatic carbocycles. The fraction of sp³-hybridized carbons (Fsp3) is 0.250. The number of rotatable bonds is 4. The Balaban J connectivity index is 2.18. The number of thiocarbonyl (C=S) groups is 1. The number of nitrogens with two attached hydrogens (primary N) is 1. The molecular formula is C12H15N5S. The molecule has 0 aliphatic carbocycles. The minimum Gasteiger partial charge on any atom is -0.388 e. The Morgan fingerprint density at radius 1 is 1.50 bits per heavy atom. The van der Waals surface area contributed by atoms with Gasteiger partial charge in [0, 0.05) is 26.5 Å². The summed E-state index contributed by atoms with van der Waals surface area (Å²) in [5.74, 6) is 1.79. The minimum atomic E-state index is 0.308. The maximum Gasteiger partial charge on any atom is 0.129 e. The fourth-order valence-electron chi connectivity index (χ4n) is 1.62. The highest BCUT2D eigenvalue weighted by atomic mass is 32.1. The normalized spacial score (nSPS) is 10.3. The summed E-state index contributed by atoms with van der Waals surface area (Å²) in [4.78, 5) is 11.0. The van der Waals surface area contributed by atoms with Crippen molar-refractivity contribution in [2.45, 2.75) is 6.54 Å². The van der Waals surface area contributed by atoms with Crippen LogP contribution in [0.5, 0.6) is 0 Å². The lowest BCUT2D eigenvalue weighted by atomic mass is 10.3. The maximum absolute atomic E-state index is 5.58. The van der Waals surface area contributed by atoms with Crippen LogP contribution in [0.4, 0.5) is 5.82 Å². The van der Waals surface area contributed by atoms with Gasteiger partial charge in [0.25, 0.3) is 0 Å². The summed E-state index contributed by atoms with van der Waals surface area (Å²) in [6.45, 7) is 0.678. The fourth-order valence-corrected chi connectivity index (χ4v) is 1.73. The van der Waals surface area contributed by atoms with Gasteiger partial charge in [-0.2, -0.15) is 0 Å². The lowest BCUT2D eigenvalue weighted by Crippen LogP contribution is -2.21. The number of hydrogen-bond acceptors (Lipinski definition) is 4. The van der Waals surface area contributed by atoms with E-state index >= 15 is 0 Å². The highest BCUT2D eigenvalue weighted by Gasteiger charge is 2.08. The number of hydrogen-bond donors (Lipinski definition) is 1. The first kappa shape index (κ1) is 12.5. The van der Waals surface area contributed by atoms with Crippen molar-refractivity contribution in [3.8, 4) is 0 Å². The molecule has 0 bridgehead atoms. The molecule has 2 rings (SSSR count). The molecule has 0 saturated carbocycles. The third-order valence-electron chi connectivity index (χ3n) is 2.68. The monoisotopic (exact) mass is 261 g/mol. The number of anilines is 1. The summed E-state index contributed by atoms with van der Waals surface area (Å²) in [5.41, 5.74) is 6.21. The second kappa shape index (κ2) is 5.14. The Hall–Kier alpha value is -1.95. The first-order valence-corrected chi connectivity index (χ1v) is 5.93. The number of pyridine rings is 1. The number of imidazole rings is 1. The summed E-state index contributed by atoms with van der Waals surface area (Å²) in [5, 5.41) is 0. The highest BCUT2D eigenvalue weighted by molar-refractivity contribution is 7.80. The van der Waals surface area contributed by atoms with E-state index in [1.54, 1.807) is 12.3 Å². The number of aryl methyl sites for hydroxylation is 1. The molecule has 0 amide bonds. The van der Waals surface area contributed by atoms with Crippen molar-refractivity contribution in [2.24, 2.45) is 12.8 Å². The lowest BCUT2D eigenvalue weighted by molar-refractivity contribution is 0.755. The van der Waals surface area contributed by atoms with Crippen molar-refractivity contribution in [3.05, 3.63) is 42.1 Å². The molecule has 0 fully saturated rings. The van der Waals surface area contributed by atoms with Gasteiger partial charge in [0.05, 0.1) is 12.2 Å². The SMILES string of the molecule is CN(Cc1nccn1C)c1cccc(C(N)=S)n1. The van der Waals surface area contributed by atoms with Gasteiger partial charge in [-0.05, 0) is 12.1 Å². The Bertz CT molecular complexity index is 563. The molecule has 2 aromatic rings. The predicted molar refractivity (Wildman–Crippen MR) is 75.4 cm³/mol. The van der Waals surface area contributed by atoms with E-state index in [2.05, 4.69) is 9.97 Å². The smallest absolute Gasteiger partial charge is 0.129 e. The van der Waals surface area contributed by atoms with E-state index in [4.69, 9.17) is 18.0 Å². The summed E-state index contributed by atoms with van der Waals surface area (Å²) in [7, 11) is 3.93. The number of nitrogens with zero attached hydrogens (tertiary/aromatic N) is 4. The van der Waals surface area contributed by atoms with Crippen LogP contribution in [0.1, 0.15) is 11.5 Å². The molecule has 5 nitrogen and oxygen atoms in total. The first-order valence-electron chi connectivity index (χ1n) is 5.52. The van der Waals surface area contributed by atoms with Crippen LogP contribution in [0.3, 0.4) is 0 Å². The largest absolute Gasteiger partial charge is 0.388 e. The molecular weight excluding hydrogens is 246 g/mol. The molecule has 2 aromatic heterocycles. The van der Waals surface area contributed by atoms with Crippen LogP contribution < -0.4 is 10.6 Å². The first-order chi connectivity index (χ1) is 8.58. The predicted octanol–water partition coefficient (Wildman–Crippen LogP) is 1.09. The molecule has 6 heteroatoms. The van der Waals surface area contributed by atoms with Gasteiger partial charge < -0.3 is 15.2 Å². The zero-order valence-electron chi connectivity index (χ0n) is 10.4. The van der Waals surface area contributed by atoms with Gasteiger partial charge in [-0.15, -0.1) is 0 Å². The van der Waals surface area contributed by atoms with Crippen molar-refractivity contribution in [1.29, 1.82) is 0 Å². The molecule has 0 atom stereocenters. The molecule has 0 saturated heterocycles. The highest BCUT2D eigenvalue weighted by Crippen LogP contribution is 2.12. The van der Waals surface area contributed by atoms with E-state index < -0.39 is 0 Å². The van der Waals surface area contributed by atoms with Gasteiger partial charge in [-0.1, -0.05) is 18.3 Å². The molecule has 18 heavy (non-hydrogen) atoms. The molecule has 0 unspecified atom stereocenters. The van der Waals surface area contributed by atoms with E-state index in [1.807, 2.05) is 41.9 Å². The van der Waals surface area contributed by atoms with Crippen molar-refractivity contribution < 1.29 is 0 Å². The second-order valence-electron chi connectivity index (χ2n) is 4.06. The average Bonchev–Trinajstić information content (AvgIpc) is 2.75. The van der Waals surface area contributed by atoms with Crippen molar-refractivity contribution in [3.63, 3.8) is 0 Å². The van der Waals surface area contributed by atoms with Gasteiger partial charge >= 0.3 is 0 Å². The Morgan fingerprint density at radius 3 is 2.89 bits per heavy atom. The van der Waals surface area contributed by atoms with Gasteiger partial charge in [0.2, 0.25) is 0 Å². The average molecular weight is 261 g/mol. The summed E-state index contributed by atoms with van der Waals surface area (Å²) < 4.78 is 1.98. The van der Waals surface area contributed by atoms with Gasteiger partial charge in [0.1, 0.15) is 16.6 Å². The summed E-state index contributed by atoms with van der Waals surface area (Å²) in [6.07, 6.45) is 3.70. The second-order valence-corrected chi connectivity index (χ2v) is 4.50. The third-order valence-corrected chi connectivity index (χ3v) is 2.89. The van der Waals surface area contributed by atoms with Crippen molar-refractivity contribution in [2.75, 3.05) is 11.9 Å². The number of aromatic nitrogens is 3. The van der Waals surface area contributed by atoms with Crippen LogP contribution in [0.25, 0.3) is 0 Å². The van der Waals surface area contributed by atoms with Crippen molar-refractivity contribution in [1.82, 2.24) is 14.5 Å². The quantitative estimate of drug-likeness (QED) is 0.835. The topological polar surface area (TPSA) is 60.0 Å². The molecule has 0 aliphatic heterocycles. The van der Waals surface area contributed by atoms with E-state index in [0.29, 0.717) is 17.2 Å². The van der Waals surface area contributed by atoms with Crippen LogP contribution in [-0.4, -0.2) is 26.6 Å². The Morgan fingerprint density at radius 2 is 2.28 bits per heavy atom. The molecule has 2 N–H and O–H groups in total. The maximum atomic E-state index is 5.58. The molecule has 2 heterocycles. The summed E-state index contributed by atoms with van der Waals surface area (Å²) in [6, 6.07) is 5.62. The molecule has 0 spiro atoms. The van der Waals surface area contributed by atoms with Gasteiger partial charge in [0.15, 0.2) is 0 Å². The zero-order valence-corrected chi connectivity index (χ0v) is 11.2. The van der Waals surface area contributed by atoms with E-state index in [-0.39, 0.29) is 0 Å². The van der Waals surface area contributed by atoms with Crippen LogP contribution in [0.15, 0.2) is 30.6 Å². The molecule has 0 aliphatic rings. The Kier molecular flexibility index (Phi) is 3.57. The van der Waals surface area contributed by atoms with Crippen LogP contribution in [-0.2, 0) is 13.6 Å². The van der Waals surface area contributed by atoms with E-state index in [9.17, 15) is 0 Å². The zero-order chi connectivity index (χ0) is 13.1.